The van der Waals surface area contributed by atoms with Crippen molar-refractivity contribution in [3.63, 3.8) is 0 Å². The Kier molecular flexibility index (Phi) is 6.63. The Morgan fingerprint density at radius 2 is 1.96 bits per heavy atom. The van der Waals surface area contributed by atoms with E-state index in [1.807, 2.05) is 31.2 Å². The van der Waals surface area contributed by atoms with E-state index in [0.29, 0.717) is 13.0 Å². The summed E-state index contributed by atoms with van der Waals surface area (Å²) < 4.78 is 5.93. The monoisotopic (exact) mass is 313 g/mol. The van der Waals surface area contributed by atoms with Crippen LogP contribution in [0.1, 0.15) is 32.6 Å². The van der Waals surface area contributed by atoms with Gasteiger partial charge in [-0.2, -0.15) is 0 Å². The Labute approximate surface area is 136 Å². The first-order valence-electron chi connectivity index (χ1n) is 7.90. The van der Waals surface area contributed by atoms with Gasteiger partial charge in [0.25, 0.3) is 0 Å². The number of hydrogen-bond donors (Lipinski definition) is 2. The number of ether oxygens (including phenoxy) is 1. The van der Waals surface area contributed by atoms with E-state index in [4.69, 9.17) is 9.94 Å². The Morgan fingerprint density at radius 1 is 1.17 bits per heavy atom. The molecule has 0 aliphatic rings. The third kappa shape index (κ3) is 5.42. The van der Waals surface area contributed by atoms with Gasteiger partial charge < -0.3 is 4.74 Å². The van der Waals surface area contributed by atoms with Gasteiger partial charge in [-0.3, -0.25) is 10.0 Å². The lowest BCUT2D eigenvalue weighted by molar-refractivity contribution is -0.129. The number of hydrogen-bond acceptors (Lipinski definition) is 3. The van der Waals surface area contributed by atoms with Gasteiger partial charge >= 0.3 is 0 Å². The molecule has 0 bridgehead atoms. The van der Waals surface area contributed by atoms with Crippen LogP contribution in [0.3, 0.4) is 0 Å². The second-order valence-electron chi connectivity index (χ2n) is 5.60. The maximum Gasteiger partial charge on any atom is 0.243 e. The van der Waals surface area contributed by atoms with Crippen molar-refractivity contribution < 1.29 is 14.7 Å². The van der Waals surface area contributed by atoms with E-state index in [0.717, 1.165) is 30.4 Å². The number of benzene rings is 2. The van der Waals surface area contributed by atoms with Gasteiger partial charge in [0.2, 0.25) is 5.91 Å². The summed E-state index contributed by atoms with van der Waals surface area (Å²) in [5.74, 6) is 0.570. The topological polar surface area (TPSA) is 58.6 Å². The standard InChI is InChI=1S/C19H23NO3/c1-15(8-3-2-4-13-19(21)20-22)14-23-18-12-7-10-16-9-5-6-11-17(16)18/h5-12,22H,2-4,13-14H2,1H3,(H,20,21). The number of rotatable bonds is 8. The fourth-order valence-corrected chi connectivity index (χ4v) is 2.41. The molecule has 2 N–H and O–H groups in total. The fourth-order valence-electron chi connectivity index (χ4n) is 2.41. The van der Waals surface area contributed by atoms with Crippen LogP contribution >= 0.6 is 0 Å². The van der Waals surface area contributed by atoms with Crippen LogP contribution in [-0.2, 0) is 4.79 Å². The van der Waals surface area contributed by atoms with Gasteiger partial charge in [0.1, 0.15) is 12.4 Å². The van der Waals surface area contributed by atoms with Crippen molar-refractivity contribution >= 4 is 16.7 Å². The lowest BCUT2D eigenvalue weighted by Gasteiger charge is -2.09. The maximum atomic E-state index is 10.9. The quantitative estimate of drug-likeness (QED) is 0.332. The van der Waals surface area contributed by atoms with Crippen molar-refractivity contribution in [2.45, 2.75) is 32.6 Å². The SMILES string of the molecule is CC(=CCCCCC(=O)NO)COc1cccc2ccccc12. The summed E-state index contributed by atoms with van der Waals surface area (Å²) in [6.45, 7) is 2.61. The average molecular weight is 313 g/mol. The summed E-state index contributed by atoms with van der Waals surface area (Å²) in [5, 5.41) is 10.7. The zero-order valence-corrected chi connectivity index (χ0v) is 13.4. The first-order chi connectivity index (χ1) is 11.2. The van der Waals surface area contributed by atoms with E-state index in [1.165, 1.54) is 11.0 Å². The number of carbonyl (C=O) groups excluding carboxylic acids is 1. The molecule has 0 atom stereocenters. The molecule has 0 fully saturated rings. The molecule has 0 aliphatic heterocycles. The average Bonchev–Trinajstić information content (AvgIpc) is 2.59. The highest BCUT2D eigenvalue weighted by Crippen LogP contribution is 2.25. The zero-order valence-electron chi connectivity index (χ0n) is 13.4. The van der Waals surface area contributed by atoms with Crippen LogP contribution in [0.4, 0.5) is 0 Å². The molecule has 0 radical (unpaired) electrons. The fraction of sp³-hybridized carbons (Fsp3) is 0.316. The van der Waals surface area contributed by atoms with Crippen LogP contribution in [0.2, 0.25) is 0 Å². The van der Waals surface area contributed by atoms with Crippen molar-refractivity contribution in [2.24, 2.45) is 0 Å². The molecule has 0 unspecified atom stereocenters. The first kappa shape index (κ1) is 17.0. The highest BCUT2D eigenvalue weighted by molar-refractivity contribution is 5.88. The molecule has 0 heterocycles. The Morgan fingerprint density at radius 3 is 2.78 bits per heavy atom. The second kappa shape index (κ2) is 8.96. The highest BCUT2D eigenvalue weighted by atomic mass is 16.5. The molecule has 4 nitrogen and oxygen atoms in total. The van der Waals surface area contributed by atoms with E-state index in [-0.39, 0.29) is 5.91 Å². The lowest BCUT2D eigenvalue weighted by atomic mass is 10.1. The lowest BCUT2D eigenvalue weighted by Crippen LogP contribution is -2.17. The van der Waals surface area contributed by atoms with Crippen LogP contribution in [0.25, 0.3) is 10.8 Å². The third-order valence-electron chi connectivity index (χ3n) is 3.68. The van der Waals surface area contributed by atoms with Crippen molar-refractivity contribution in [2.75, 3.05) is 6.61 Å². The van der Waals surface area contributed by atoms with Gasteiger partial charge in [0.05, 0.1) is 0 Å². The van der Waals surface area contributed by atoms with Gasteiger partial charge in [-0.05, 0) is 43.2 Å². The summed E-state index contributed by atoms with van der Waals surface area (Å²) in [5.41, 5.74) is 2.81. The predicted molar refractivity (Wildman–Crippen MR) is 91.6 cm³/mol. The molecule has 0 saturated heterocycles. The van der Waals surface area contributed by atoms with E-state index >= 15 is 0 Å². The van der Waals surface area contributed by atoms with E-state index < -0.39 is 0 Å². The van der Waals surface area contributed by atoms with Crippen LogP contribution in [0.5, 0.6) is 5.75 Å². The summed E-state index contributed by atoms with van der Waals surface area (Å²) in [4.78, 5) is 10.9. The van der Waals surface area contributed by atoms with E-state index in [9.17, 15) is 4.79 Å². The summed E-state index contributed by atoms with van der Waals surface area (Å²) in [6.07, 6.45) is 5.08. The summed E-state index contributed by atoms with van der Waals surface area (Å²) in [6, 6.07) is 14.2. The first-order valence-corrected chi connectivity index (χ1v) is 7.90. The maximum absolute atomic E-state index is 10.9. The minimum absolute atomic E-state index is 0.329. The number of unbranched alkanes of at least 4 members (excludes halogenated alkanes) is 2. The van der Waals surface area contributed by atoms with Crippen molar-refractivity contribution in [3.05, 3.63) is 54.1 Å². The van der Waals surface area contributed by atoms with E-state index in [2.05, 4.69) is 24.3 Å². The molecule has 0 aliphatic carbocycles. The number of allylic oxidation sites excluding steroid dienone is 1. The highest BCUT2D eigenvalue weighted by Gasteiger charge is 2.01. The smallest absolute Gasteiger partial charge is 0.243 e. The van der Waals surface area contributed by atoms with Gasteiger partial charge in [-0.1, -0.05) is 42.5 Å². The Balaban J connectivity index is 1.80. The number of carbonyl (C=O) groups is 1. The largest absolute Gasteiger partial charge is 0.489 e. The van der Waals surface area contributed by atoms with Crippen LogP contribution in [0.15, 0.2) is 54.1 Å². The molecule has 2 aromatic rings. The molecule has 122 valence electrons. The predicted octanol–water partition coefficient (Wildman–Crippen LogP) is 4.23. The number of hydroxylamine groups is 1. The molecular weight excluding hydrogens is 290 g/mol. The normalized spacial score (nSPS) is 11.5. The molecule has 0 saturated carbocycles. The van der Waals surface area contributed by atoms with E-state index in [1.54, 1.807) is 5.48 Å². The Bertz CT molecular complexity index is 674. The van der Waals surface area contributed by atoms with Gasteiger partial charge in [0.15, 0.2) is 0 Å². The second-order valence-corrected chi connectivity index (χ2v) is 5.60. The number of fused-ring (bicyclic) bond motifs is 1. The summed E-state index contributed by atoms with van der Waals surface area (Å²) in [7, 11) is 0. The van der Waals surface area contributed by atoms with Gasteiger partial charge in [-0.15, -0.1) is 0 Å². The molecule has 0 aromatic heterocycles. The Hall–Kier alpha value is -2.33. The third-order valence-corrected chi connectivity index (χ3v) is 3.68. The zero-order chi connectivity index (χ0) is 16.5. The number of nitrogens with one attached hydrogen (secondary N) is 1. The molecule has 23 heavy (non-hydrogen) atoms. The molecular formula is C19H23NO3. The van der Waals surface area contributed by atoms with Crippen molar-refractivity contribution in [1.82, 2.24) is 5.48 Å². The van der Waals surface area contributed by atoms with Crippen LogP contribution in [0, 0.1) is 0 Å². The molecule has 2 aromatic carbocycles. The molecule has 4 heteroatoms. The van der Waals surface area contributed by atoms with Crippen LogP contribution in [-0.4, -0.2) is 17.7 Å². The number of amides is 1. The van der Waals surface area contributed by atoms with Gasteiger partial charge in [-0.25, -0.2) is 5.48 Å². The van der Waals surface area contributed by atoms with Crippen LogP contribution < -0.4 is 10.2 Å². The molecule has 2 rings (SSSR count). The summed E-state index contributed by atoms with van der Waals surface area (Å²) >= 11 is 0. The van der Waals surface area contributed by atoms with Crippen molar-refractivity contribution in [1.29, 1.82) is 0 Å². The van der Waals surface area contributed by atoms with Crippen molar-refractivity contribution in [3.8, 4) is 5.75 Å². The minimum Gasteiger partial charge on any atom is -0.489 e. The minimum atomic E-state index is -0.329. The molecule has 0 spiro atoms. The van der Waals surface area contributed by atoms with Gasteiger partial charge in [0, 0.05) is 11.8 Å². The molecule has 1 amide bonds.